The molecule has 0 radical (unpaired) electrons. The third-order valence-corrected chi connectivity index (χ3v) is 2.58. The molecule has 0 aliphatic heterocycles. The summed E-state index contributed by atoms with van der Waals surface area (Å²) in [5, 5.41) is 0.687. The highest BCUT2D eigenvalue weighted by atomic mass is 35.5. The van der Waals surface area contributed by atoms with Gasteiger partial charge in [-0.2, -0.15) is 12.6 Å². The number of carbonyl (C=O) groups is 1. The van der Waals surface area contributed by atoms with Crippen LogP contribution in [-0.2, 0) is 0 Å². The lowest BCUT2D eigenvalue weighted by Gasteiger charge is -2.06. The van der Waals surface area contributed by atoms with Crippen molar-refractivity contribution in [2.24, 2.45) is 0 Å². The Labute approximate surface area is 97.6 Å². The van der Waals surface area contributed by atoms with E-state index in [0.29, 0.717) is 21.4 Å². The maximum atomic E-state index is 11.3. The van der Waals surface area contributed by atoms with E-state index in [1.54, 1.807) is 0 Å². The van der Waals surface area contributed by atoms with Crippen LogP contribution in [0.5, 0.6) is 5.75 Å². The molecule has 76 valence electrons. The van der Waals surface area contributed by atoms with E-state index in [1.165, 1.54) is 19.2 Å². The summed E-state index contributed by atoms with van der Waals surface area (Å²) < 4.78 is 4.95. The molecule has 0 N–H and O–H groups in total. The second-order valence-electron chi connectivity index (χ2n) is 2.55. The predicted octanol–water partition coefficient (Wildman–Crippen LogP) is 3.11. The lowest BCUT2D eigenvalue weighted by atomic mass is 10.1. The maximum absolute atomic E-state index is 11.3. The molecule has 1 rings (SSSR count). The molecule has 2 nitrogen and oxygen atoms in total. The fourth-order valence-electron chi connectivity index (χ4n) is 0.984. The van der Waals surface area contributed by atoms with Gasteiger partial charge in [0.15, 0.2) is 5.78 Å². The van der Waals surface area contributed by atoms with Crippen LogP contribution >= 0.6 is 35.8 Å². The molecule has 0 bridgehead atoms. The normalized spacial score (nSPS) is 10.0. The quantitative estimate of drug-likeness (QED) is 0.659. The first kappa shape index (κ1) is 11.7. The minimum absolute atomic E-state index is 0.0996. The SMILES string of the molecule is COc1cc(Cl)c(C(=O)CS)cc1Cl. The Hall–Kier alpha value is -0.380. The van der Waals surface area contributed by atoms with Gasteiger partial charge in [0.2, 0.25) is 0 Å². The van der Waals surface area contributed by atoms with Gasteiger partial charge in [0.1, 0.15) is 5.75 Å². The topological polar surface area (TPSA) is 26.3 Å². The molecule has 5 heteroatoms. The van der Waals surface area contributed by atoms with Crippen molar-refractivity contribution in [2.45, 2.75) is 0 Å². The molecule has 0 saturated carbocycles. The van der Waals surface area contributed by atoms with Gasteiger partial charge >= 0.3 is 0 Å². The summed E-state index contributed by atoms with van der Waals surface area (Å²) in [5.41, 5.74) is 0.368. The van der Waals surface area contributed by atoms with Gasteiger partial charge in [-0.05, 0) is 6.07 Å². The van der Waals surface area contributed by atoms with E-state index < -0.39 is 0 Å². The van der Waals surface area contributed by atoms with E-state index in [4.69, 9.17) is 27.9 Å². The van der Waals surface area contributed by atoms with E-state index >= 15 is 0 Å². The number of rotatable bonds is 3. The third-order valence-electron chi connectivity index (χ3n) is 1.69. The van der Waals surface area contributed by atoms with E-state index in [-0.39, 0.29) is 11.5 Å². The van der Waals surface area contributed by atoms with Gasteiger partial charge in [0.25, 0.3) is 0 Å². The molecule has 0 aliphatic carbocycles. The average molecular weight is 251 g/mol. The van der Waals surface area contributed by atoms with E-state index in [1.807, 2.05) is 0 Å². The third kappa shape index (κ3) is 2.35. The Bertz CT molecular complexity index is 366. The number of ketones is 1. The van der Waals surface area contributed by atoms with Gasteiger partial charge in [-0.3, -0.25) is 4.79 Å². The second kappa shape index (κ2) is 4.91. The minimum atomic E-state index is -0.164. The summed E-state index contributed by atoms with van der Waals surface area (Å²) in [6, 6.07) is 3.00. The molecule has 0 aliphatic rings. The number of Topliss-reactive ketones (excluding diaryl/α,β-unsaturated/α-hetero) is 1. The smallest absolute Gasteiger partial charge is 0.174 e. The van der Waals surface area contributed by atoms with Crippen LogP contribution in [0.25, 0.3) is 0 Å². The Morgan fingerprint density at radius 2 is 2.07 bits per heavy atom. The fourth-order valence-corrected chi connectivity index (χ4v) is 1.65. The predicted molar refractivity (Wildman–Crippen MR) is 61.2 cm³/mol. The largest absolute Gasteiger partial charge is 0.495 e. The van der Waals surface area contributed by atoms with Gasteiger partial charge in [-0.1, -0.05) is 23.2 Å². The number of carbonyl (C=O) groups excluding carboxylic acids is 1. The Balaban J connectivity index is 3.21. The molecule has 14 heavy (non-hydrogen) atoms. The van der Waals surface area contributed by atoms with Crippen LogP contribution in [0.3, 0.4) is 0 Å². The maximum Gasteiger partial charge on any atom is 0.174 e. The van der Waals surface area contributed by atoms with E-state index in [9.17, 15) is 4.79 Å². The van der Waals surface area contributed by atoms with E-state index in [2.05, 4.69) is 12.6 Å². The molecule has 0 amide bonds. The first-order chi connectivity index (χ1) is 6.60. The molecule has 0 fully saturated rings. The number of thiol groups is 1. The zero-order chi connectivity index (χ0) is 10.7. The average Bonchev–Trinajstić information content (AvgIpc) is 2.19. The van der Waals surface area contributed by atoms with Crippen LogP contribution in [0.2, 0.25) is 10.0 Å². The lowest BCUT2D eigenvalue weighted by molar-refractivity contribution is 0.102. The fraction of sp³-hybridized carbons (Fsp3) is 0.222. The summed E-state index contributed by atoms with van der Waals surface area (Å²) in [6.07, 6.45) is 0. The Kier molecular flexibility index (Phi) is 4.11. The van der Waals surface area contributed by atoms with Gasteiger partial charge in [-0.25, -0.2) is 0 Å². The molecule has 0 aromatic heterocycles. The van der Waals surface area contributed by atoms with Gasteiger partial charge < -0.3 is 4.74 Å². The van der Waals surface area contributed by atoms with Crippen LogP contribution in [0, 0.1) is 0 Å². The van der Waals surface area contributed by atoms with Crippen molar-refractivity contribution in [1.29, 1.82) is 0 Å². The van der Waals surface area contributed by atoms with Crippen LogP contribution in [0.1, 0.15) is 10.4 Å². The first-order valence-electron chi connectivity index (χ1n) is 3.77. The summed E-state index contributed by atoms with van der Waals surface area (Å²) in [7, 11) is 1.48. The molecule has 0 atom stereocenters. The van der Waals surface area contributed by atoms with Crippen molar-refractivity contribution in [2.75, 3.05) is 12.9 Å². The van der Waals surface area contributed by atoms with Crippen molar-refractivity contribution in [3.05, 3.63) is 27.7 Å². The zero-order valence-corrected chi connectivity index (χ0v) is 9.79. The molecular formula is C9H8Cl2O2S. The monoisotopic (exact) mass is 250 g/mol. The molecule has 0 saturated heterocycles. The van der Waals surface area contributed by atoms with Crippen LogP contribution < -0.4 is 4.74 Å². The lowest BCUT2D eigenvalue weighted by Crippen LogP contribution is -2.01. The molecule has 0 spiro atoms. The minimum Gasteiger partial charge on any atom is -0.495 e. The summed E-state index contributed by atoms with van der Waals surface area (Å²) in [4.78, 5) is 11.3. The number of benzene rings is 1. The van der Waals surface area contributed by atoms with Crippen LogP contribution in [-0.4, -0.2) is 18.6 Å². The highest BCUT2D eigenvalue weighted by Gasteiger charge is 2.12. The van der Waals surface area contributed by atoms with Crippen molar-refractivity contribution in [3.8, 4) is 5.75 Å². The Morgan fingerprint density at radius 3 is 2.57 bits per heavy atom. The number of halogens is 2. The molecular weight excluding hydrogens is 243 g/mol. The van der Waals surface area contributed by atoms with Gasteiger partial charge in [0, 0.05) is 11.6 Å². The summed E-state index contributed by atoms with van der Waals surface area (Å²) >= 11 is 15.6. The second-order valence-corrected chi connectivity index (χ2v) is 3.68. The van der Waals surface area contributed by atoms with Crippen LogP contribution in [0.15, 0.2) is 12.1 Å². The highest BCUT2D eigenvalue weighted by Crippen LogP contribution is 2.31. The molecule has 1 aromatic carbocycles. The zero-order valence-electron chi connectivity index (χ0n) is 7.38. The van der Waals surface area contributed by atoms with Crippen molar-refractivity contribution >= 4 is 41.6 Å². The summed E-state index contributed by atoms with van der Waals surface area (Å²) in [6.45, 7) is 0. The summed E-state index contributed by atoms with van der Waals surface area (Å²) in [5.74, 6) is 0.387. The number of methoxy groups -OCH3 is 1. The van der Waals surface area contributed by atoms with Crippen molar-refractivity contribution in [1.82, 2.24) is 0 Å². The number of hydrogen-bond donors (Lipinski definition) is 1. The van der Waals surface area contributed by atoms with Crippen molar-refractivity contribution < 1.29 is 9.53 Å². The number of hydrogen-bond acceptors (Lipinski definition) is 3. The molecule has 0 heterocycles. The van der Waals surface area contributed by atoms with Gasteiger partial charge in [-0.15, -0.1) is 0 Å². The highest BCUT2D eigenvalue weighted by molar-refractivity contribution is 7.81. The van der Waals surface area contributed by atoms with Crippen LogP contribution in [0.4, 0.5) is 0 Å². The standard InChI is InChI=1S/C9H8Cl2O2S/c1-13-9-3-6(10)5(2-7(9)11)8(12)4-14/h2-3,14H,4H2,1H3. The molecule has 0 unspecified atom stereocenters. The Morgan fingerprint density at radius 1 is 1.43 bits per heavy atom. The van der Waals surface area contributed by atoms with E-state index in [0.717, 1.165) is 0 Å². The van der Waals surface area contributed by atoms with Gasteiger partial charge in [0.05, 0.1) is 22.9 Å². The number of ether oxygens (including phenoxy) is 1. The molecule has 1 aromatic rings. The van der Waals surface area contributed by atoms with Crippen molar-refractivity contribution in [3.63, 3.8) is 0 Å². The first-order valence-corrected chi connectivity index (χ1v) is 5.16.